The predicted octanol–water partition coefficient (Wildman–Crippen LogP) is 4.35. The molecule has 0 aliphatic heterocycles. The lowest BCUT2D eigenvalue weighted by atomic mass is 10.3. The molecule has 0 radical (unpaired) electrons. The molecule has 1 heterocycles. The van der Waals surface area contributed by atoms with E-state index in [1.54, 1.807) is 23.9 Å². The summed E-state index contributed by atoms with van der Waals surface area (Å²) in [5.41, 5.74) is 0.578. The van der Waals surface area contributed by atoms with Gasteiger partial charge < -0.3 is 9.73 Å². The molecule has 2 aromatic carbocycles. The minimum Gasteiger partial charge on any atom is -0.438 e. The van der Waals surface area contributed by atoms with E-state index in [0.717, 1.165) is 14.3 Å². The van der Waals surface area contributed by atoms with E-state index in [-0.39, 0.29) is 10.9 Å². The quantitative estimate of drug-likeness (QED) is 0.563. The third kappa shape index (κ3) is 5.01. The maximum absolute atomic E-state index is 12.2. The molecule has 3 rings (SSSR count). The van der Waals surface area contributed by atoms with Crippen LogP contribution in [0.25, 0.3) is 0 Å². The first-order valence-electron chi connectivity index (χ1n) is 7.75. The number of amides is 1. The maximum Gasteiger partial charge on any atom is 0.291 e. The molecule has 1 aromatic heterocycles. The van der Waals surface area contributed by atoms with Crippen molar-refractivity contribution in [2.24, 2.45) is 0 Å². The van der Waals surface area contributed by atoms with E-state index >= 15 is 0 Å². The van der Waals surface area contributed by atoms with Crippen molar-refractivity contribution in [3.63, 3.8) is 0 Å². The molecule has 0 bridgehead atoms. The van der Waals surface area contributed by atoms with Crippen molar-refractivity contribution >= 4 is 49.3 Å². The lowest BCUT2D eigenvalue weighted by Crippen LogP contribution is -2.18. The van der Waals surface area contributed by atoms with Crippen molar-refractivity contribution in [3.05, 3.63) is 70.9 Å². The highest BCUT2D eigenvalue weighted by Crippen LogP contribution is 2.29. The van der Waals surface area contributed by atoms with E-state index in [2.05, 4.69) is 26.0 Å². The van der Waals surface area contributed by atoms with Crippen LogP contribution < -0.4 is 10.0 Å². The molecule has 27 heavy (non-hydrogen) atoms. The van der Waals surface area contributed by atoms with Crippen molar-refractivity contribution in [2.75, 3.05) is 12.4 Å². The Morgan fingerprint density at radius 2 is 1.56 bits per heavy atom. The second-order valence-corrected chi connectivity index (χ2v) is 9.24. The molecule has 0 fully saturated rings. The van der Waals surface area contributed by atoms with Crippen molar-refractivity contribution in [3.8, 4) is 0 Å². The summed E-state index contributed by atoms with van der Waals surface area (Å²) < 4.78 is 31.6. The van der Waals surface area contributed by atoms with Gasteiger partial charge in [0.15, 0.2) is 5.76 Å². The maximum atomic E-state index is 12.2. The summed E-state index contributed by atoms with van der Waals surface area (Å²) in [6, 6.07) is 17.8. The summed E-state index contributed by atoms with van der Waals surface area (Å²) in [7, 11) is -2.45. The zero-order valence-corrected chi connectivity index (χ0v) is 17.3. The predicted molar refractivity (Wildman–Crippen MR) is 108 cm³/mol. The summed E-state index contributed by atoms with van der Waals surface area (Å²) in [4.78, 5) is 14.3. The van der Waals surface area contributed by atoms with E-state index < -0.39 is 15.9 Å². The molecule has 0 aliphatic carbocycles. The number of nitrogens with one attached hydrogen (secondary N) is 2. The number of hydrogen-bond donors (Lipinski definition) is 2. The van der Waals surface area contributed by atoms with Gasteiger partial charge in [0.25, 0.3) is 15.9 Å². The fraction of sp³-hybridized carbons (Fsp3) is 0.0556. The third-order valence-corrected chi connectivity index (χ3v) is 6.33. The second kappa shape index (κ2) is 8.30. The van der Waals surface area contributed by atoms with Gasteiger partial charge in [-0.25, -0.2) is 13.1 Å². The summed E-state index contributed by atoms with van der Waals surface area (Å²) in [5, 5.41) is 2.37. The van der Waals surface area contributed by atoms with Gasteiger partial charge in [-0.05, 0) is 67.7 Å². The smallest absolute Gasteiger partial charge is 0.291 e. The molecule has 0 spiro atoms. The van der Waals surface area contributed by atoms with E-state index in [0.29, 0.717) is 5.69 Å². The van der Waals surface area contributed by atoms with Gasteiger partial charge in [-0.3, -0.25) is 4.79 Å². The molecule has 2 N–H and O–H groups in total. The molecular weight excluding hydrogens is 452 g/mol. The molecule has 3 aromatic rings. The van der Waals surface area contributed by atoms with Crippen LogP contribution in [0, 0.1) is 0 Å². The SMILES string of the molecule is CNS(=O)(=O)c1ccc(C(=O)Nc2ccc(Sc3ccc(Br)cc3)cc2)o1. The molecule has 9 heteroatoms. The van der Waals surface area contributed by atoms with Crippen LogP contribution in [0.4, 0.5) is 5.69 Å². The van der Waals surface area contributed by atoms with Gasteiger partial charge in [-0.2, -0.15) is 0 Å². The lowest BCUT2D eigenvalue weighted by Gasteiger charge is -2.06. The van der Waals surface area contributed by atoms with Crippen LogP contribution in [0.5, 0.6) is 0 Å². The van der Waals surface area contributed by atoms with Gasteiger partial charge in [-0.1, -0.05) is 27.7 Å². The van der Waals surface area contributed by atoms with Crippen LogP contribution in [0.2, 0.25) is 0 Å². The first-order chi connectivity index (χ1) is 12.9. The average Bonchev–Trinajstić information content (AvgIpc) is 3.16. The summed E-state index contributed by atoms with van der Waals surface area (Å²) in [6.45, 7) is 0. The monoisotopic (exact) mass is 466 g/mol. The largest absolute Gasteiger partial charge is 0.438 e. The van der Waals surface area contributed by atoms with Crippen LogP contribution in [-0.4, -0.2) is 21.4 Å². The van der Waals surface area contributed by atoms with Crippen molar-refractivity contribution in [1.29, 1.82) is 0 Å². The van der Waals surface area contributed by atoms with E-state index in [1.165, 1.54) is 19.2 Å². The summed E-state index contributed by atoms with van der Waals surface area (Å²) in [6.07, 6.45) is 0. The minimum absolute atomic E-state index is 0.0860. The highest BCUT2D eigenvalue weighted by Gasteiger charge is 2.19. The topological polar surface area (TPSA) is 88.4 Å². The Morgan fingerprint density at radius 1 is 0.963 bits per heavy atom. The zero-order valence-electron chi connectivity index (χ0n) is 14.1. The average molecular weight is 467 g/mol. The Hall–Kier alpha value is -2.07. The molecular formula is C18H15BrN2O4S2. The number of furan rings is 1. The van der Waals surface area contributed by atoms with Gasteiger partial charge in [0.1, 0.15) is 0 Å². The van der Waals surface area contributed by atoms with Crippen LogP contribution >= 0.6 is 27.7 Å². The highest BCUT2D eigenvalue weighted by molar-refractivity contribution is 9.10. The van der Waals surface area contributed by atoms with Crippen molar-refractivity contribution < 1.29 is 17.6 Å². The Bertz CT molecular complexity index is 1050. The van der Waals surface area contributed by atoms with Crippen LogP contribution in [0.3, 0.4) is 0 Å². The van der Waals surface area contributed by atoms with Crippen molar-refractivity contribution in [2.45, 2.75) is 14.9 Å². The molecule has 1 amide bonds. The number of sulfonamides is 1. The fourth-order valence-corrected chi connectivity index (χ4v) is 3.85. The number of hydrogen-bond acceptors (Lipinski definition) is 5. The highest BCUT2D eigenvalue weighted by atomic mass is 79.9. The van der Waals surface area contributed by atoms with Gasteiger partial charge in [0, 0.05) is 20.0 Å². The number of benzene rings is 2. The number of halogens is 1. The Morgan fingerprint density at radius 3 is 2.15 bits per heavy atom. The van der Waals surface area contributed by atoms with Crippen LogP contribution in [0.1, 0.15) is 10.6 Å². The molecule has 0 atom stereocenters. The normalized spacial score (nSPS) is 11.3. The summed E-state index contributed by atoms with van der Waals surface area (Å²) in [5.74, 6) is -0.613. The van der Waals surface area contributed by atoms with Gasteiger partial charge in [0.2, 0.25) is 5.09 Å². The van der Waals surface area contributed by atoms with Crippen molar-refractivity contribution in [1.82, 2.24) is 4.72 Å². The molecule has 0 aliphatic rings. The standard InChI is InChI=1S/C18H15BrN2O4S2/c1-20-27(23,24)17-11-10-16(25-17)18(22)21-13-4-8-15(9-5-13)26-14-6-2-12(19)3-7-14/h2-11,20H,1H3,(H,21,22). The molecule has 0 unspecified atom stereocenters. The Balaban J connectivity index is 1.66. The zero-order chi connectivity index (χ0) is 19.4. The Labute approximate surface area is 169 Å². The van der Waals surface area contributed by atoms with Gasteiger partial charge >= 0.3 is 0 Å². The molecule has 6 nitrogen and oxygen atoms in total. The first kappa shape index (κ1) is 19.7. The minimum atomic E-state index is -3.72. The number of carbonyl (C=O) groups excluding carboxylic acids is 1. The number of carbonyl (C=O) groups is 1. The molecule has 0 saturated heterocycles. The summed E-state index contributed by atoms with van der Waals surface area (Å²) >= 11 is 5.01. The first-order valence-corrected chi connectivity index (χ1v) is 10.8. The number of anilines is 1. The Kier molecular flexibility index (Phi) is 6.05. The molecule has 0 saturated carbocycles. The van der Waals surface area contributed by atoms with E-state index in [1.807, 2.05) is 36.4 Å². The molecule has 140 valence electrons. The lowest BCUT2D eigenvalue weighted by molar-refractivity contribution is 0.0991. The second-order valence-electron chi connectivity index (χ2n) is 5.36. The van der Waals surface area contributed by atoms with Crippen LogP contribution in [0.15, 0.2) is 84.4 Å². The number of rotatable bonds is 6. The fourth-order valence-electron chi connectivity index (χ4n) is 2.12. The van der Waals surface area contributed by atoms with E-state index in [4.69, 9.17) is 4.42 Å². The van der Waals surface area contributed by atoms with Gasteiger partial charge in [0.05, 0.1) is 0 Å². The van der Waals surface area contributed by atoms with Crippen LogP contribution in [-0.2, 0) is 10.0 Å². The third-order valence-electron chi connectivity index (χ3n) is 3.50. The van der Waals surface area contributed by atoms with Gasteiger partial charge in [-0.15, -0.1) is 0 Å². The van der Waals surface area contributed by atoms with E-state index in [9.17, 15) is 13.2 Å².